The van der Waals surface area contributed by atoms with Gasteiger partial charge in [-0.25, -0.2) is 0 Å². The second kappa shape index (κ2) is 8.06. The molecule has 0 aliphatic carbocycles. The number of pyridine rings is 1. The van der Waals surface area contributed by atoms with Crippen LogP contribution in [0.4, 0.5) is 18.9 Å². The van der Waals surface area contributed by atoms with Crippen LogP contribution in [0.1, 0.15) is 28.5 Å². The van der Waals surface area contributed by atoms with Gasteiger partial charge in [0, 0.05) is 30.0 Å². The number of carbonyl (C=O) groups excluding carboxylic acids is 1. The van der Waals surface area contributed by atoms with Crippen LogP contribution in [-0.2, 0) is 17.3 Å². The highest BCUT2D eigenvalue weighted by Crippen LogP contribution is 2.27. The lowest BCUT2D eigenvalue weighted by Gasteiger charge is -2.28. The zero-order chi connectivity index (χ0) is 19.4. The Morgan fingerprint density at radius 2 is 2.04 bits per heavy atom. The average molecular weight is 379 g/mol. The number of morpholine rings is 1. The molecule has 27 heavy (non-hydrogen) atoms. The molecule has 0 radical (unpaired) electrons. The molecule has 1 aliphatic heterocycles. The lowest BCUT2D eigenvalue weighted by Crippen LogP contribution is -2.45. The number of alkyl halides is 3. The fourth-order valence-corrected chi connectivity index (χ4v) is 2.78. The molecule has 0 spiro atoms. The smallest absolute Gasteiger partial charge is 0.375 e. The third-order valence-electron chi connectivity index (χ3n) is 4.26. The first-order valence-electron chi connectivity index (χ1n) is 8.60. The van der Waals surface area contributed by atoms with Crippen molar-refractivity contribution in [2.75, 3.05) is 18.5 Å². The van der Waals surface area contributed by atoms with E-state index >= 15 is 0 Å². The Kier molecular flexibility index (Phi) is 5.76. The predicted molar refractivity (Wildman–Crippen MR) is 94.5 cm³/mol. The molecule has 2 atom stereocenters. The van der Waals surface area contributed by atoms with Gasteiger partial charge >= 0.3 is 6.18 Å². The van der Waals surface area contributed by atoms with E-state index in [0.717, 1.165) is 30.8 Å². The minimum Gasteiger partial charge on any atom is -0.375 e. The van der Waals surface area contributed by atoms with E-state index in [4.69, 9.17) is 4.74 Å². The zero-order valence-electron chi connectivity index (χ0n) is 14.7. The summed E-state index contributed by atoms with van der Waals surface area (Å²) in [6.07, 6.45) is -2.78. The number of nitrogens with one attached hydrogen (secondary N) is 2. The molecule has 0 bridgehead atoms. The van der Waals surface area contributed by atoms with Gasteiger partial charge in [0.15, 0.2) is 0 Å². The molecule has 2 N–H and O–H groups in total. The van der Waals surface area contributed by atoms with Crippen LogP contribution in [0.3, 0.4) is 0 Å². The number of aromatic nitrogens is 1. The van der Waals surface area contributed by atoms with Crippen LogP contribution in [0.25, 0.3) is 0 Å². The van der Waals surface area contributed by atoms with E-state index in [1.165, 1.54) is 6.07 Å². The highest BCUT2D eigenvalue weighted by atomic mass is 19.4. The van der Waals surface area contributed by atoms with Crippen molar-refractivity contribution in [1.82, 2.24) is 10.3 Å². The zero-order valence-corrected chi connectivity index (χ0v) is 14.7. The summed E-state index contributed by atoms with van der Waals surface area (Å²) in [4.78, 5) is 15.4. The molecule has 3 rings (SSSR count). The summed E-state index contributed by atoms with van der Waals surface area (Å²) in [6.45, 7) is 3.52. The summed E-state index contributed by atoms with van der Waals surface area (Å²) in [5.41, 5.74) is 0.362. The number of carbonyl (C=O) groups is 1. The largest absolute Gasteiger partial charge is 0.433 e. The Morgan fingerprint density at radius 1 is 1.30 bits per heavy atom. The van der Waals surface area contributed by atoms with Crippen molar-refractivity contribution >= 4 is 11.6 Å². The molecule has 2 aromatic rings. The number of hydrogen-bond donors (Lipinski definition) is 2. The van der Waals surface area contributed by atoms with Crippen LogP contribution in [0.2, 0.25) is 0 Å². The van der Waals surface area contributed by atoms with E-state index in [1.54, 1.807) is 12.1 Å². The SMILES string of the molecule is C[C@H]1COC(Cc2ccc(NC(=O)c3ccnc(C(F)(F)F)c3)cc2)CN1. The molecule has 1 aliphatic rings. The lowest BCUT2D eigenvalue weighted by molar-refractivity contribution is -0.141. The van der Waals surface area contributed by atoms with E-state index < -0.39 is 17.8 Å². The maximum absolute atomic E-state index is 12.7. The first-order valence-corrected chi connectivity index (χ1v) is 8.60. The van der Waals surface area contributed by atoms with Crippen LogP contribution in [0.15, 0.2) is 42.6 Å². The average Bonchev–Trinajstić information content (AvgIpc) is 2.64. The van der Waals surface area contributed by atoms with Crippen molar-refractivity contribution < 1.29 is 22.7 Å². The second-order valence-corrected chi connectivity index (χ2v) is 6.55. The van der Waals surface area contributed by atoms with Gasteiger partial charge in [-0.3, -0.25) is 9.78 Å². The van der Waals surface area contributed by atoms with Crippen LogP contribution in [0, 0.1) is 0 Å². The Balaban J connectivity index is 1.60. The number of anilines is 1. The predicted octanol–water partition coefficient (Wildman–Crippen LogP) is 3.27. The van der Waals surface area contributed by atoms with Gasteiger partial charge < -0.3 is 15.4 Å². The Labute approximate surface area is 154 Å². The summed E-state index contributed by atoms with van der Waals surface area (Å²) < 4.78 is 43.9. The quantitative estimate of drug-likeness (QED) is 0.856. The summed E-state index contributed by atoms with van der Waals surface area (Å²) in [5, 5.41) is 5.95. The molecule has 0 saturated carbocycles. The number of amides is 1. The van der Waals surface area contributed by atoms with Crippen LogP contribution in [0.5, 0.6) is 0 Å². The second-order valence-electron chi connectivity index (χ2n) is 6.55. The molecule has 1 saturated heterocycles. The van der Waals surface area contributed by atoms with E-state index in [0.29, 0.717) is 18.3 Å². The van der Waals surface area contributed by atoms with Crippen molar-refractivity contribution in [3.8, 4) is 0 Å². The fraction of sp³-hybridized carbons (Fsp3) is 0.368. The van der Waals surface area contributed by atoms with Gasteiger partial charge in [-0.05, 0) is 43.2 Å². The minimum atomic E-state index is -4.59. The Morgan fingerprint density at radius 3 is 2.67 bits per heavy atom. The normalized spacial score (nSPS) is 20.3. The topological polar surface area (TPSA) is 63.2 Å². The van der Waals surface area contributed by atoms with E-state index in [9.17, 15) is 18.0 Å². The van der Waals surface area contributed by atoms with Crippen molar-refractivity contribution in [2.24, 2.45) is 0 Å². The molecular weight excluding hydrogens is 359 g/mol. The minimum absolute atomic E-state index is 0.0965. The van der Waals surface area contributed by atoms with Gasteiger partial charge in [0.25, 0.3) is 5.91 Å². The molecule has 1 unspecified atom stereocenters. The van der Waals surface area contributed by atoms with Crippen LogP contribution in [-0.4, -0.2) is 36.2 Å². The van der Waals surface area contributed by atoms with Gasteiger partial charge in [0.2, 0.25) is 0 Å². The number of rotatable bonds is 4. The molecule has 8 heteroatoms. The number of halogens is 3. The molecular formula is C19H20F3N3O2. The highest BCUT2D eigenvalue weighted by molar-refractivity contribution is 6.04. The maximum Gasteiger partial charge on any atom is 0.433 e. The van der Waals surface area contributed by atoms with Gasteiger partial charge in [-0.1, -0.05) is 12.1 Å². The van der Waals surface area contributed by atoms with Crippen molar-refractivity contribution in [2.45, 2.75) is 31.7 Å². The van der Waals surface area contributed by atoms with Gasteiger partial charge in [-0.2, -0.15) is 13.2 Å². The monoisotopic (exact) mass is 379 g/mol. The molecule has 1 aromatic heterocycles. The summed E-state index contributed by atoms with van der Waals surface area (Å²) in [5.74, 6) is -0.621. The van der Waals surface area contributed by atoms with Crippen molar-refractivity contribution in [1.29, 1.82) is 0 Å². The number of nitrogens with zero attached hydrogens (tertiary/aromatic N) is 1. The summed E-state index contributed by atoms with van der Waals surface area (Å²) >= 11 is 0. The molecule has 2 heterocycles. The summed E-state index contributed by atoms with van der Waals surface area (Å²) in [6, 6.07) is 9.50. The number of ether oxygens (including phenoxy) is 1. The van der Waals surface area contributed by atoms with E-state index in [1.807, 2.05) is 12.1 Å². The molecule has 1 amide bonds. The van der Waals surface area contributed by atoms with Crippen LogP contribution < -0.4 is 10.6 Å². The van der Waals surface area contributed by atoms with Gasteiger partial charge in [0.1, 0.15) is 5.69 Å². The third kappa shape index (κ3) is 5.27. The Hall–Kier alpha value is -2.45. The third-order valence-corrected chi connectivity index (χ3v) is 4.26. The standard InChI is InChI=1S/C19H20F3N3O2/c1-12-11-27-16(10-24-12)8-13-2-4-15(5-3-13)25-18(26)14-6-7-23-17(9-14)19(20,21)22/h2-7,9,12,16,24H,8,10-11H2,1H3,(H,25,26)/t12-,16?/m0/s1. The highest BCUT2D eigenvalue weighted by Gasteiger charge is 2.32. The van der Waals surface area contributed by atoms with Crippen LogP contribution >= 0.6 is 0 Å². The fourth-order valence-electron chi connectivity index (χ4n) is 2.78. The molecule has 144 valence electrons. The molecule has 1 aromatic carbocycles. The Bertz CT molecular complexity index is 786. The molecule has 1 fully saturated rings. The van der Waals surface area contributed by atoms with Gasteiger partial charge in [0.05, 0.1) is 12.7 Å². The van der Waals surface area contributed by atoms with Gasteiger partial charge in [-0.15, -0.1) is 0 Å². The number of benzene rings is 1. The first-order chi connectivity index (χ1) is 12.8. The van der Waals surface area contributed by atoms with E-state index in [-0.39, 0.29) is 11.7 Å². The summed E-state index contributed by atoms with van der Waals surface area (Å²) in [7, 11) is 0. The lowest BCUT2D eigenvalue weighted by atomic mass is 10.1. The number of hydrogen-bond acceptors (Lipinski definition) is 4. The molecule has 5 nitrogen and oxygen atoms in total. The van der Waals surface area contributed by atoms with Crippen molar-refractivity contribution in [3.63, 3.8) is 0 Å². The maximum atomic E-state index is 12.7. The van der Waals surface area contributed by atoms with Crippen molar-refractivity contribution in [3.05, 3.63) is 59.4 Å². The first kappa shape index (κ1) is 19.3. The van der Waals surface area contributed by atoms with E-state index in [2.05, 4.69) is 22.5 Å².